The molecule has 0 radical (unpaired) electrons. The van der Waals surface area contributed by atoms with E-state index in [4.69, 9.17) is 4.74 Å². The lowest BCUT2D eigenvalue weighted by Crippen LogP contribution is -2.38. The standard InChI is InChI=1S/C20H25FN2O2/c1-4-23(15(2)16-9-7-10-18(12-16)25-3)14-20(24)22-13-17-8-5-6-11-19(17)21/h5-12,15H,4,13-14H2,1-3H3,(H,22,24). The zero-order valence-corrected chi connectivity index (χ0v) is 15.0. The lowest BCUT2D eigenvalue weighted by Gasteiger charge is -2.27. The molecule has 1 unspecified atom stereocenters. The van der Waals surface area contributed by atoms with Crippen LogP contribution < -0.4 is 10.1 Å². The predicted molar refractivity (Wildman–Crippen MR) is 96.9 cm³/mol. The van der Waals surface area contributed by atoms with Gasteiger partial charge in [0, 0.05) is 18.2 Å². The fourth-order valence-corrected chi connectivity index (χ4v) is 2.71. The van der Waals surface area contributed by atoms with Crippen LogP contribution in [0.25, 0.3) is 0 Å². The first-order valence-electron chi connectivity index (χ1n) is 8.43. The lowest BCUT2D eigenvalue weighted by atomic mass is 10.1. The van der Waals surface area contributed by atoms with Gasteiger partial charge in [0.25, 0.3) is 0 Å². The molecule has 0 aliphatic heterocycles. The molecule has 2 aromatic carbocycles. The third kappa shape index (κ3) is 5.29. The number of nitrogens with zero attached hydrogens (tertiary/aromatic N) is 1. The molecular weight excluding hydrogens is 319 g/mol. The molecular formula is C20H25FN2O2. The van der Waals surface area contributed by atoms with Crippen LogP contribution in [0.3, 0.4) is 0 Å². The van der Waals surface area contributed by atoms with Crippen LogP contribution >= 0.6 is 0 Å². The van der Waals surface area contributed by atoms with Gasteiger partial charge in [-0.15, -0.1) is 0 Å². The Labute approximate surface area is 148 Å². The minimum Gasteiger partial charge on any atom is -0.497 e. The average molecular weight is 344 g/mol. The Balaban J connectivity index is 1.95. The first kappa shape index (κ1) is 18.9. The maximum Gasteiger partial charge on any atom is 0.234 e. The summed E-state index contributed by atoms with van der Waals surface area (Å²) < 4.78 is 18.9. The largest absolute Gasteiger partial charge is 0.497 e. The maximum atomic E-state index is 13.6. The van der Waals surface area contributed by atoms with Crippen molar-refractivity contribution in [2.45, 2.75) is 26.4 Å². The van der Waals surface area contributed by atoms with Gasteiger partial charge in [-0.2, -0.15) is 0 Å². The number of carbonyl (C=O) groups is 1. The molecule has 1 N–H and O–H groups in total. The Kier molecular flexibility index (Phi) is 6.95. The van der Waals surface area contributed by atoms with Crippen molar-refractivity contribution in [2.24, 2.45) is 0 Å². The Morgan fingerprint density at radius 1 is 1.24 bits per heavy atom. The third-order valence-corrected chi connectivity index (χ3v) is 4.31. The van der Waals surface area contributed by atoms with Crippen molar-refractivity contribution in [3.8, 4) is 5.75 Å². The molecule has 0 heterocycles. The molecule has 134 valence electrons. The highest BCUT2D eigenvalue weighted by atomic mass is 19.1. The van der Waals surface area contributed by atoms with Crippen molar-refractivity contribution >= 4 is 5.91 Å². The van der Waals surface area contributed by atoms with Gasteiger partial charge in [0.2, 0.25) is 5.91 Å². The van der Waals surface area contributed by atoms with Crippen molar-refractivity contribution < 1.29 is 13.9 Å². The molecule has 2 rings (SSSR count). The summed E-state index contributed by atoms with van der Waals surface area (Å²) in [5.41, 5.74) is 1.57. The molecule has 0 aromatic heterocycles. The van der Waals surface area contributed by atoms with Crippen LogP contribution in [0.4, 0.5) is 4.39 Å². The predicted octanol–water partition coefficient (Wildman–Crippen LogP) is 3.53. The van der Waals surface area contributed by atoms with E-state index in [1.54, 1.807) is 25.3 Å². The zero-order valence-electron chi connectivity index (χ0n) is 15.0. The van der Waals surface area contributed by atoms with Crippen molar-refractivity contribution in [3.63, 3.8) is 0 Å². The van der Waals surface area contributed by atoms with Gasteiger partial charge in [0.05, 0.1) is 13.7 Å². The number of likely N-dealkylation sites (N-methyl/N-ethyl adjacent to an activating group) is 1. The van der Waals surface area contributed by atoms with E-state index in [1.807, 2.05) is 31.2 Å². The van der Waals surface area contributed by atoms with Crippen LogP contribution in [0, 0.1) is 5.82 Å². The molecule has 2 aromatic rings. The van der Waals surface area contributed by atoms with Crippen molar-refractivity contribution in [1.82, 2.24) is 10.2 Å². The number of halogens is 1. The summed E-state index contributed by atoms with van der Waals surface area (Å²) >= 11 is 0. The second-order valence-electron chi connectivity index (χ2n) is 5.88. The molecule has 5 heteroatoms. The summed E-state index contributed by atoms with van der Waals surface area (Å²) in [6, 6.07) is 14.4. The zero-order chi connectivity index (χ0) is 18.2. The van der Waals surface area contributed by atoms with Crippen molar-refractivity contribution in [1.29, 1.82) is 0 Å². The summed E-state index contributed by atoms with van der Waals surface area (Å²) in [7, 11) is 1.64. The molecule has 0 fully saturated rings. The molecule has 0 aliphatic rings. The highest BCUT2D eigenvalue weighted by molar-refractivity contribution is 5.78. The fourth-order valence-electron chi connectivity index (χ4n) is 2.71. The number of amides is 1. The Bertz CT molecular complexity index is 706. The highest BCUT2D eigenvalue weighted by Crippen LogP contribution is 2.23. The minimum absolute atomic E-state index is 0.0688. The maximum absolute atomic E-state index is 13.6. The van der Waals surface area contributed by atoms with Gasteiger partial charge in [-0.3, -0.25) is 9.69 Å². The van der Waals surface area contributed by atoms with Gasteiger partial charge in [-0.1, -0.05) is 37.3 Å². The van der Waals surface area contributed by atoms with E-state index in [9.17, 15) is 9.18 Å². The SMILES string of the molecule is CCN(CC(=O)NCc1ccccc1F)C(C)c1cccc(OC)c1. The molecule has 4 nitrogen and oxygen atoms in total. The molecule has 25 heavy (non-hydrogen) atoms. The van der Waals surface area contributed by atoms with Gasteiger partial charge in [-0.05, 0) is 37.2 Å². The van der Waals surface area contributed by atoms with Crippen LogP contribution in [0.15, 0.2) is 48.5 Å². The van der Waals surface area contributed by atoms with Crippen LogP contribution in [0.5, 0.6) is 5.75 Å². The smallest absolute Gasteiger partial charge is 0.234 e. The number of ether oxygens (including phenoxy) is 1. The Morgan fingerprint density at radius 3 is 2.68 bits per heavy atom. The number of carbonyl (C=O) groups excluding carboxylic acids is 1. The summed E-state index contributed by atoms with van der Waals surface area (Å²) in [6.45, 7) is 5.24. The number of rotatable bonds is 8. The molecule has 0 aliphatic carbocycles. The van der Waals surface area contributed by atoms with Gasteiger partial charge in [0.1, 0.15) is 11.6 Å². The van der Waals surface area contributed by atoms with Crippen molar-refractivity contribution in [3.05, 3.63) is 65.5 Å². The van der Waals surface area contributed by atoms with Gasteiger partial charge < -0.3 is 10.1 Å². The Morgan fingerprint density at radius 2 is 2.00 bits per heavy atom. The third-order valence-electron chi connectivity index (χ3n) is 4.31. The number of hydrogen-bond acceptors (Lipinski definition) is 3. The number of hydrogen-bond donors (Lipinski definition) is 1. The molecule has 1 atom stereocenters. The number of benzene rings is 2. The van der Waals surface area contributed by atoms with E-state index in [0.717, 1.165) is 17.9 Å². The van der Waals surface area contributed by atoms with Gasteiger partial charge in [-0.25, -0.2) is 4.39 Å². The van der Waals surface area contributed by atoms with Gasteiger partial charge in [0.15, 0.2) is 0 Å². The van der Waals surface area contributed by atoms with E-state index in [0.29, 0.717) is 5.56 Å². The molecule has 1 amide bonds. The fraction of sp³-hybridized carbons (Fsp3) is 0.350. The van der Waals surface area contributed by atoms with Crippen LogP contribution in [-0.2, 0) is 11.3 Å². The molecule has 0 saturated heterocycles. The van der Waals surface area contributed by atoms with Crippen LogP contribution in [-0.4, -0.2) is 31.0 Å². The van der Waals surface area contributed by atoms with E-state index < -0.39 is 0 Å². The van der Waals surface area contributed by atoms with E-state index >= 15 is 0 Å². The normalized spacial score (nSPS) is 12.0. The van der Waals surface area contributed by atoms with Crippen LogP contribution in [0.1, 0.15) is 31.0 Å². The molecule has 0 bridgehead atoms. The molecule has 0 saturated carbocycles. The van der Waals surface area contributed by atoms with Gasteiger partial charge >= 0.3 is 0 Å². The monoisotopic (exact) mass is 344 g/mol. The van der Waals surface area contributed by atoms with E-state index in [2.05, 4.69) is 17.1 Å². The second kappa shape index (κ2) is 9.18. The summed E-state index contributed by atoms with van der Waals surface area (Å²) in [5.74, 6) is 0.365. The summed E-state index contributed by atoms with van der Waals surface area (Å²) in [6.07, 6.45) is 0. The summed E-state index contributed by atoms with van der Waals surface area (Å²) in [5, 5.41) is 2.79. The van der Waals surface area contributed by atoms with Crippen molar-refractivity contribution in [2.75, 3.05) is 20.2 Å². The molecule has 0 spiro atoms. The topological polar surface area (TPSA) is 41.6 Å². The lowest BCUT2D eigenvalue weighted by molar-refractivity contribution is -0.122. The number of methoxy groups -OCH3 is 1. The average Bonchev–Trinajstić information content (AvgIpc) is 2.65. The quantitative estimate of drug-likeness (QED) is 0.796. The summed E-state index contributed by atoms with van der Waals surface area (Å²) in [4.78, 5) is 14.3. The highest BCUT2D eigenvalue weighted by Gasteiger charge is 2.18. The first-order valence-corrected chi connectivity index (χ1v) is 8.43. The number of nitrogens with one attached hydrogen (secondary N) is 1. The Hall–Kier alpha value is -2.40. The van der Waals surface area contributed by atoms with Crippen LogP contribution in [0.2, 0.25) is 0 Å². The minimum atomic E-state index is -0.306. The van der Waals surface area contributed by atoms with E-state index in [1.165, 1.54) is 6.07 Å². The first-order chi connectivity index (χ1) is 12.0. The second-order valence-corrected chi connectivity index (χ2v) is 5.88. The van der Waals surface area contributed by atoms with E-state index in [-0.39, 0.29) is 30.9 Å².